The molecule has 1 unspecified atom stereocenters. The number of benzene rings is 1. The number of aromatic nitrogens is 2. The molecule has 0 bridgehead atoms. The third-order valence-corrected chi connectivity index (χ3v) is 2.85. The first-order valence-electron chi connectivity index (χ1n) is 6.91. The van der Waals surface area contributed by atoms with E-state index in [4.69, 9.17) is 14.0 Å². The second kappa shape index (κ2) is 7.56. The summed E-state index contributed by atoms with van der Waals surface area (Å²) in [5.41, 5.74) is 0.450. The van der Waals surface area contributed by atoms with E-state index in [1.807, 2.05) is 6.92 Å². The Bertz CT molecular complexity index is 627. The Balaban J connectivity index is 2.04. The van der Waals surface area contributed by atoms with Crippen molar-refractivity contribution >= 4 is 5.91 Å². The molecule has 1 atom stereocenters. The summed E-state index contributed by atoms with van der Waals surface area (Å²) in [6.07, 6.45) is 0. The van der Waals surface area contributed by atoms with Crippen molar-refractivity contribution in [3.63, 3.8) is 0 Å². The number of ether oxygens (including phenoxy) is 2. The second-order valence-corrected chi connectivity index (χ2v) is 4.84. The summed E-state index contributed by atoms with van der Waals surface area (Å²) in [5.74, 6) is 1.15. The molecule has 0 fully saturated rings. The molecule has 1 aromatic heterocycles. The zero-order valence-corrected chi connectivity index (χ0v) is 12.8. The molecule has 2 aromatic rings. The topological polar surface area (TPSA) is 86.5 Å². The van der Waals surface area contributed by atoms with Crippen LogP contribution in [0.15, 0.2) is 28.8 Å². The van der Waals surface area contributed by atoms with E-state index >= 15 is 0 Å². The van der Waals surface area contributed by atoms with Gasteiger partial charge in [0.2, 0.25) is 11.7 Å². The van der Waals surface area contributed by atoms with Gasteiger partial charge in [-0.25, -0.2) is 0 Å². The van der Waals surface area contributed by atoms with Crippen LogP contribution < -0.4 is 10.1 Å². The minimum Gasteiger partial charge on any atom is -0.485 e. The third kappa shape index (κ3) is 4.29. The summed E-state index contributed by atoms with van der Waals surface area (Å²) in [5, 5.41) is 6.60. The van der Waals surface area contributed by atoms with Gasteiger partial charge in [0.1, 0.15) is 5.75 Å². The van der Waals surface area contributed by atoms with Gasteiger partial charge in [0.15, 0.2) is 6.61 Å². The zero-order valence-electron chi connectivity index (χ0n) is 12.8. The van der Waals surface area contributed by atoms with Gasteiger partial charge in [-0.2, -0.15) is 4.98 Å². The highest BCUT2D eigenvalue weighted by Gasteiger charge is 2.15. The molecule has 2 rings (SSSR count). The molecule has 0 aliphatic heterocycles. The molecule has 0 spiro atoms. The number of para-hydroxylation sites is 1. The average molecular weight is 305 g/mol. The van der Waals surface area contributed by atoms with Gasteiger partial charge in [-0.1, -0.05) is 17.3 Å². The van der Waals surface area contributed by atoms with E-state index < -0.39 is 0 Å². The molecule has 0 aliphatic carbocycles. The minimum absolute atomic E-state index is 0.0922. The van der Waals surface area contributed by atoms with Crippen molar-refractivity contribution in [2.45, 2.75) is 26.5 Å². The van der Waals surface area contributed by atoms with Gasteiger partial charge in [-0.3, -0.25) is 4.79 Å². The van der Waals surface area contributed by atoms with E-state index in [9.17, 15) is 4.79 Å². The fourth-order valence-corrected chi connectivity index (χ4v) is 1.92. The molecule has 118 valence electrons. The first kappa shape index (κ1) is 16.0. The number of methoxy groups -OCH3 is 1. The highest BCUT2D eigenvalue weighted by Crippen LogP contribution is 2.19. The summed E-state index contributed by atoms with van der Waals surface area (Å²) in [7, 11) is 1.59. The fraction of sp³-hybridized carbons (Fsp3) is 0.400. The van der Waals surface area contributed by atoms with Crippen LogP contribution in [0.5, 0.6) is 5.75 Å². The number of carbonyl (C=O) groups excluding carboxylic acids is 1. The molecule has 1 amide bonds. The van der Waals surface area contributed by atoms with Crippen LogP contribution in [0.2, 0.25) is 0 Å². The maximum atomic E-state index is 12.3. The molecular formula is C15H19N3O4. The van der Waals surface area contributed by atoms with Crippen molar-refractivity contribution in [3.05, 3.63) is 41.5 Å². The van der Waals surface area contributed by atoms with Gasteiger partial charge in [-0.05, 0) is 19.1 Å². The Morgan fingerprint density at radius 2 is 2.18 bits per heavy atom. The van der Waals surface area contributed by atoms with Crippen molar-refractivity contribution in [1.29, 1.82) is 0 Å². The van der Waals surface area contributed by atoms with Gasteiger partial charge < -0.3 is 19.3 Å². The summed E-state index contributed by atoms with van der Waals surface area (Å²) >= 11 is 0. The maximum absolute atomic E-state index is 12.3. The number of hydrogen-bond donors (Lipinski definition) is 1. The van der Waals surface area contributed by atoms with Gasteiger partial charge in [0.25, 0.3) is 5.91 Å². The fourth-order valence-electron chi connectivity index (χ4n) is 1.92. The lowest BCUT2D eigenvalue weighted by Crippen LogP contribution is -2.35. The normalized spacial score (nSPS) is 12.0. The SMILES string of the molecule is COCC(C)NC(=O)c1ccccc1OCc1noc(C)n1. The number of hydrogen-bond acceptors (Lipinski definition) is 6. The summed E-state index contributed by atoms with van der Waals surface area (Å²) < 4.78 is 15.5. The van der Waals surface area contributed by atoms with Crippen LogP contribution in [0.3, 0.4) is 0 Å². The number of carbonyl (C=O) groups is 1. The van der Waals surface area contributed by atoms with Crippen LogP contribution in [0.4, 0.5) is 0 Å². The summed E-state index contributed by atoms with van der Waals surface area (Å²) in [6, 6.07) is 6.91. The van der Waals surface area contributed by atoms with Crippen LogP contribution in [0.25, 0.3) is 0 Å². The Morgan fingerprint density at radius 3 is 2.86 bits per heavy atom. The molecule has 0 aliphatic rings. The van der Waals surface area contributed by atoms with Crippen molar-refractivity contribution in [3.8, 4) is 5.75 Å². The van der Waals surface area contributed by atoms with Gasteiger partial charge in [0, 0.05) is 20.1 Å². The van der Waals surface area contributed by atoms with Crippen LogP contribution in [-0.2, 0) is 11.3 Å². The maximum Gasteiger partial charge on any atom is 0.255 e. The van der Waals surface area contributed by atoms with Crippen molar-refractivity contribution < 1.29 is 18.8 Å². The molecule has 7 heteroatoms. The minimum atomic E-state index is -0.218. The number of amides is 1. The second-order valence-electron chi connectivity index (χ2n) is 4.84. The number of nitrogens with one attached hydrogen (secondary N) is 1. The molecule has 7 nitrogen and oxygen atoms in total. The van der Waals surface area contributed by atoms with Crippen LogP contribution in [0.1, 0.15) is 29.0 Å². The lowest BCUT2D eigenvalue weighted by Gasteiger charge is -2.14. The van der Waals surface area contributed by atoms with Crippen molar-refractivity contribution in [2.75, 3.05) is 13.7 Å². The van der Waals surface area contributed by atoms with Gasteiger partial charge >= 0.3 is 0 Å². The quantitative estimate of drug-likeness (QED) is 0.838. The molecule has 1 aromatic carbocycles. The molecular weight excluding hydrogens is 286 g/mol. The van der Waals surface area contributed by atoms with Crippen LogP contribution >= 0.6 is 0 Å². The van der Waals surface area contributed by atoms with Crippen molar-refractivity contribution in [1.82, 2.24) is 15.5 Å². The average Bonchev–Trinajstić information content (AvgIpc) is 2.91. The first-order valence-corrected chi connectivity index (χ1v) is 6.91. The summed E-state index contributed by atoms with van der Waals surface area (Å²) in [6.45, 7) is 4.15. The highest BCUT2D eigenvalue weighted by molar-refractivity contribution is 5.97. The lowest BCUT2D eigenvalue weighted by molar-refractivity contribution is 0.0901. The molecule has 1 heterocycles. The number of rotatable bonds is 7. The number of nitrogens with zero attached hydrogens (tertiary/aromatic N) is 2. The lowest BCUT2D eigenvalue weighted by atomic mass is 10.1. The van der Waals surface area contributed by atoms with E-state index in [-0.39, 0.29) is 18.6 Å². The number of aryl methyl sites for hydroxylation is 1. The van der Waals surface area contributed by atoms with Gasteiger partial charge in [-0.15, -0.1) is 0 Å². The van der Waals surface area contributed by atoms with E-state index in [1.54, 1.807) is 38.3 Å². The Kier molecular flexibility index (Phi) is 5.48. The molecule has 0 radical (unpaired) electrons. The van der Waals surface area contributed by atoms with Crippen LogP contribution in [0, 0.1) is 6.92 Å². The predicted octanol–water partition coefficient (Wildman–Crippen LogP) is 1.72. The molecule has 0 saturated heterocycles. The van der Waals surface area contributed by atoms with Gasteiger partial charge in [0.05, 0.1) is 12.2 Å². The standard InChI is InChI=1S/C15H19N3O4/c1-10(8-20-3)16-15(19)12-6-4-5-7-13(12)21-9-14-17-11(2)22-18-14/h4-7,10H,8-9H2,1-3H3,(H,16,19). The van der Waals surface area contributed by atoms with E-state index in [1.165, 1.54) is 0 Å². The molecule has 22 heavy (non-hydrogen) atoms. The predicted molar refractivity (Wildman–Crippen MR) is 78.6 cm³/mol. The Hall–Kier alpha value is -2.41. The van der Waals surface area contributed by atoms with E-state index in [0.717, 1.165) is 0 Å². The largest absolute Gasteiger partial charge is 0.485 e. The Morgan fingerprint density at radius 1 is 1.41 bits per heavy atom. The summed E-state index contributed by atoms with van der Waals surface area (Å²) in [4.78, 5) is 16.3. The van der Waals surface area contributed by atoms with Crippen molar-refractivity contribution in [2.24, 2.45) is 0 Å². The zero-order chi connectivity index (χ0) is 15.9. The highest BCUT2D eigenvalue weighted by atomic mass is 16.5. The molecule has 0 saturated carbocycles. The van der Waals surface area contributed by atoms with E-state index in [0.29, 0.717) is 29.6 Å². The molecule has 1 N–H and O–H groups in total. The van der Waals surface area contributed by atoms with E-state index in [2.05, 4.69) is 15.5 Å². The monoisotopic (exact) mass is 305 g/mol. The third-order valence-electron chi connectivity index (χ3n) is 2.85. The van der Waals surface area contributed by atoms with Crippen LogP contribution in [-0.4, -0.2) is 35.8 Å². The first-order chi connectivity index (χ1) is 10.6. The smallest absolute Gasteiger partial charge is 0.255 e. The Labute approximate surface area is 128 Å².